The summed E-state index contributed by atoms with van der Waals surface area (Å²) in [6, 6.07) is 5.49. The summed E-state index contributed by atoms with van der Waals surface area (Å²) in [6.07, 6.45) is 0.873. The second kappa shape index (κ2) is 6.05. The third kappa shape index (κ3) is 3.14. The van der Waals surface area contributed by atoms with E-state index in [9.17, 15) is 0 Å². The molecule has 2 atom stereocenters. The highest BCUT2D eigenvalue weighted by Crippen LogP contribution is 2.36. The molecule has 2 unspecified atom stereocenters. The molecule has 0 aromatic heterocycles. The molecule has 1 rings (SSSR count). The standard InChI is InChI=1S/C13H19Cl2NO/c1-5-13(2,17-4)12(16-3)10-8-9(14)6-7-11(10)15/h6-8,12,16H,5H2,1-4H3. The Labute approximate surface area is 113 Å². The predicted molar refractivity (Wildman–Crippen MR) is 74.0 cm³/mol. The molecule has 0 spiro atoms. The number of halogens is 2. The van der Waals surface area contributed by atoms with Gasteiger partial charge in [-0.25, -0.2) is 0 Å². The molecule has 4 heteroatoms. The first kappa shape index (κ1) is 14.8. The summed E-state index contributed by atoms with van der Waals surface area (Å²) < 4.78 is 5.63. The summed E-state index contributed by atoms with van der Waals surface area (Å²) in [5.41, 5.74) is 0.649. The number of rotatable bonds is 5. The van der Waals surface area contributed by atoms with E-state index in [0.717, 1.165) is 12.0 Å². The first-order valence-corrected chi connectivity index (χ1v) is 6.41. The van der Waals surface area contributed by atoms with Crippen LogP contribution in [0.25, 0.3) is 0 Å². The van der Waals surface area contributed by atoms with Gasteiger partial charge in [0.2, 0.25) is 0 Å². The Morgan fingerprint density at radius 2 is 2.06 bits per heavy atom. The van der Waals surface area contributed by atoms with E-state index in [1.807, 2.05) is 19.2 Å². The normalized spacial score (nSPS) is 16.6. The van der Waals surface area contributed by atoms with Crippen LogP contribution in [0.2, 0.25) is 10.0 Å². The van der Waals surface area contributed by atoms with Crippen molar-refractivity contribution in [2.75, 3.05) is 14.2 Å². The first-order chi connectivity index (χ1) is 7.98. The maximum Gasteiger partial charge on any atom is 0.0842 e. The molecular weight excluding hydrogens is 257 g/mol. The molecule has 0 aliphatic heterocycles. The molecule has 1 aromatic carbocycles. The first-order valence-electron chi connectivity index (χ1n) is 5.66. The van der Waals surface area contributed by atoms with Crippen molar-refractivity contribution in [2.24, 2.45) is 0 Å². The number of benzene rings is 1. The number of likely N-dealkylation sites (N-methyl/N-ethyl adjacent to an activating group) is 1. The molecule has 2 nitrogen and oxygen atoms in total. The molecule has 0 heterocycles. The lowest BCUT2D eigenvalue weighted by atomic mass is 9.87. The monoisotopic (exact) mass is 275 g/mol. The minimum Gasteiger partial charge on any atom is -0.377 e. The Kier molecular flexibility index (Phi) is 5.26. The Bertz CT molecular complexity index is 378. The van der Waals surface area contributed by atoms with Gasteiger partial charge in [0.1, 0.15) is 0 Å². The van der Waals surface area contributed by atoms with Gasteiger partial charge in [-0.2, -0.15) is 0 Å². The lowest BCUT2D eigenvalue weighted by Crippen LogP contribution is -2.41. The summed E-state index contributed by atoms with van der Waals surface area (Å²) in [4.78, 5) is 0. The van der Waals surface area contributed by atoms with Gasteiger partial charge in [0.25, 0.3) is 0 Å². The van der Waals surface area contributed by atoms with Crippen molar-refractivity contribution in [3.63, 3.8) is 0 Å². The zero-order chi connectivity index (χ0) is 13.1. The van der Waals surface area contributed by atoms with Crippen LogP contribution in [0.4, 0.5) is 0 Å². The maximum absolute atomic E-state index is 6.24. The zero-order valence-corrected chi connectivity index (χ0v) is 12.2. The van der Waals surface area contributed by atoms with Crippen molar-refractivity contribution in [1.82, 2.24) is 5.32 Å². The van der Waals surface area contributed by atoms with Crippen molar-refractivity contribution in [2.45, 2.75) is 31.9 Å². The zero-order valence-electron chi connectivity index (χ0n) is 10.7. The van der Waals surface area contributed by atoms with Crippen LogP contribution in [-0.2, 0) is 4.74 Å². The van der Waals surface area contributed by atoms with E-state index in [2.05, 4.69) is 19.2 Å². The molecule has 1 N–H and O–H groups in total. The van der Waals surface area contributed by atoms with Crippen molar-refractivity contribution in [3.05, 3.63) is 33.8 Å². The SMILES string of the molecule is CCC(C)(OC)C(NC)c1cc(Cl)ccc1Cl. The fraction of sp³-hybridized carbons (Fsp3) is 0.538. The van der Waals surface area contributed by atoms with Crippen molar-refractivity contribution >= 4 is 23.2 Å². The van der Waals surface area contributed by atoms with E-state index < -0.39 is 0 Å². The van der Waals surface area contributed by atoms with Gasteiger partial charge < -0.3 is 10.1 Å². The third-order valence-electron chi connectivity index (χ3n) is 3.34. The molecule has 0 aliphatic rings. The average Bonchev–Trinajstić information content (AvgIpc) is 2.34. The van der Waals surface area contributed by atoms with E-state index >= 15 is 0 Å². The lowest BCUT2D eigenvalue weighted by molar-refractivity contribution is -0.0280. The highest BCUT2D eigenvalue weighted by atomic mass is 35.5. The van der Waals surface area contributed by atoms with Gasteiger partial charge in [0.05, 0.1) is 11.6 Å². The lowest BCUT2D eigenvalue weighted by Gasteiger charge is -2.36. The van der Waals surface area contributed by atoms with Crippen molar-refractivity contribution < 1.29 is 4.74 Å². The van der Waals surface area contributed by atoms with Crippen LogP contribution in [0.15, 0.2) is 18.2 Å². The molecule has 0 aliphatic carbocycles. The Morgan fingerprint density at radius 3 is 2.53 bits per heavy atom. The molecule has 0 saturated carbocycles. The van der Waals surface area contributed by atoms with Crippen LogP contribution in [0.5, 0.6) is 0 Å². The van der Waals surface area contributed by atoms with E-state index in [4.69, 9.17) is 27.9 Å². The van der Waals surface area contributed by atoms with Gasteiger partial charge in [-0.1, -0.05) is 30.1 Å². The molecule has 0 amide bonds. The van der Waals surface area contributed by atoms with E-state index in [1.165, 1.54) is 0 Å². The number of hydrogen-bond donors (Lipinski definition) is 1. The number of methoxy groups -OCH3 is 1. The van der Waals surface area contributed by atoms with Gasteiger partial charge in [0.15, 0.2) is 0 Å². The van der Waals surface area contributed by atoms with Gasteiger partial charge in [-0.05, 0) is 44.2 Å². The summed E-state index contributed by atoms with van der Waals surface area (Å²) in [6.45, 7) is 4.15. The van der Waals surface area contributed by atoms with Crippen LogP contribution < -0.4 is 5.32 Å². The van der Waals surface area contributed by atoms with Gasteiger partial charge in [0, 0.05) is 17.2 Å². The smallest absolute Gasteiger partial charge is 0.0842 e. The number of ether oxygens (including phenoxy) is 1. The van der Waals surface area contributed by atoms with Gasteiger partial charge in [-0.3, -0.25) is 0 Å². The van der Waals surface area contributed by atoms with E-state index in [1.54, 1.807) is 13.2 Å². The molecule has 1 aromatic rings. The van der Waals surface area contributed by atoms with E-state index in [0.29, 0.717) is 10.0 Å². The Balaban J connectivity index is 3.21. The molecule has 17 heavy (non-hydrogen) atoms. The summed E-state index contributed by atoms with van der Waals surface area (Å²) in [5.74, 6) is 0. The van der Waals surface area contributed by atoms with E-state index in [-0.39, 0.29) is 11.6 Å². The average molecular weight is 276 g/mol. The molecule has 0 saturated heterocycles. The largest absolute Gasteiger partial charge is 0.377 e. The van der Waals surface area contributed by atoms with Crippen molar-refractivity contribution in [3.8, 4) is 0 Å². The topological polar surface area (TPSA) is 21.3 Å². The fourth-order valence-corrected chi connectivity index (χ4v) is 2.40. The second-order valence-corrected chi connectivity index (χ2v) is 5.10. The van der Waals surface area contributed by atoms with Crippen LogP contribution in [0.3, 0.4) is 0 Å². The quantitative estimate of drug-likeness (QED) is 0.875. The molecule has 96 valence electrons. The minimum atomic E-state index is -0.316. The molecule has 0 radical (unpaired) electrons. The van der Waals surface area contributed by atoms with Crippen molar-refractivity contribution in [1.29, 1.82) is 0 Å². The second-order valence-electron chi connectivity index (χ2n) is 4.26. The highest BCUT2D eigenvalue weighted by Gasteiger charge is 2.34. The van der Waals surface area contributed by atoms with Crippen LogP contribution >= 0.6 is 23.2 Å². The highest BCUT2D eigenvalue weighted by molar-refractivity contribution is 6.33. The number of nitrogens with one attached hydrogen (secondary N) is 1. The summed E-state index contributed by atoms with van der Waals surface area (Å²) in [7, 11) is 3.61. The number of hydrogen-bond acceptors (Lipinski definition) is 2. The Morgan fingerprint density at radius 1 is 1.41 bits per heavy atom. The van der Waals surface area contributed by atoms with Crippen LogP contribution in [0, 0.1) is 0 Å². The van der Waals surface area contributed by atoms with Gasteiger partial charge >= 0.3 is 0 Å². The summed E-state index contributed by atoms with van der Waals surface area (Å²) in [5, 5.41) is 4.64. The fourth-order valence-electron chi connectivity index (χ4n) is 1.99. The predicted octanol–water partition coefficient (Wildman–Crippen LogP) is 4.07. The van der Waals surface area contributed by atoms with Gasteiger partial charge in [-0.15, -0.1) is 0 Å². The maximum atomic E-state index is 6.24. The van der Waals surface area contributed by atoms with Crippen LogP contribution in [-0.4, -0.2) is 19.8 Å². The van der Waals surface area contributed by atoms with Crippen LogP contribution in [0.1, 0.15) is 31.9 Å². The molecule has 0 fully saturated rings. The third-order valence-corrected chi connectivity index (χ3v) is 3.92. The molecular formula is C13H19Cl2NO. The Hall–Kier alpha value is -0.280. The minimum absolute atomic E-state index is 0.00343. The molecule has 0 bridgehead atoms. The summed E-state index contributed by atoms with van der Waals surface area (Å²) >= 11 is 12.3.